The van der Waals surface area contributed by atoms with Gasteiger partial charge in [-0.2, -0.15) is 0 Å². The monoisotopic (exact) mass is 261 g/mol. The van der Waals surface area contributed by atoms with Crippen LogP contribution in [0.2, 0.25) is 0 Å². The lowest BCUT2D eigenvalue weighted by atomic mass is 9.96. The Morgan fingerprint density at radius 3 is 2.53 bits per heavy atom. The van der Waals surface area contributed by atoms with Crippen molar-refractivity contribution >= 4 is 11.9 Å². The van der Waals surface area contributed by atoms with Crippen molar-refractivity contribution in [2.24, 2.45) is 5.92 Å². The van der Waals surface area contributed by atoms with E-state index in [9.17, 15) is 9.59 Å². The van der Waals surface area contributed by atoms with Gasteiger partial charge in [0.15, 0.2) is 0 Å². The Hall–Kier alpha value is -1.84. The minimum atomic E-state index is -0.164. The van der Waals surface area contributed by atoms with Gasteiger partial charge in [0.1, 0.15) is 0 Å². The van der Waals surface area contributed by atoms with E-state index in [4.69, 9.17) is 4.74 Å². The molecule has 19 heavy (non-hydrogen) atoms. The van der Waals surface area contributed by atoms with Gasteiger partial charge in [-0.25, -0.2) is 0 Å². The number of aryl methyl sites for hydroxylation is 1. The first kappa shape index (κ1) is 13.6. The first-order chi connectivity index (χ1) is 9.11. The number of benzene rings is 1. The molecule has 0 bridgehead atoms. The Balaban J connectivity index is 1.98. The average Bonchev–Trinajstić information content (AvgIpc) is 2.46. The topological polar surface area (TPSA) is 46.6 Å². The van der Waals surface area contributed by atoms with Gasteiger partial charge >= 0.3 is 5.97 Å². The van der Waals surface area contributed by atoms with Gasteiger partial charge in [0, 0.05) is 18.7 Å². The number of carbonyl (C=O) groups is 2. The summed E-state index contributed by atoms with van der Waals surface area (Å²) in [7, 11) is 1.41. The second-order valence-electron chi connectivity index (χ2n) is 4.96. The van der Waals surface area contributed by atoms with Gasteiger partial charge in [-0.05, 0) is 31.9 Å². The number of amides is 1. The lowest BCUT2D eigenvalue weighted by Gasteiger charge is -2.30. The quantitative estimate of drug-likeness (QED) is 0.765. The van der Waals surface area contributed by atoms with Crippen molar-refractivity contribution in [3.8, 4) is 0 Å². The predicted molar refractivity (Wildman–Crippen MR) is 71.8 cm³/mol. The number of piperidine rings is 1. The van der Waals surface area contributed by atoms with Gasteiger partial charge in [-0.3, -0.25) is 9.59 Å². The van der Waals surface area contributed by atoms with Crippen LogP contribution in [0.15, 0.2) is 24.3 Å². The lowest BCUT2D eigenvalue weighted by molar-refractivity contribution is -0.146. The first-order valence-electron chi connectivity index (χ1n) is 6.55. The number of hydrogen-bond acceptors (Lipinski definition) is 3. The maximum Gasteiger partial charge on any atom is 0.308 e. The third-order valence-electron chi connectivity index (χ3n) is 3.58. The summed E-state index contributed by atoms with van der Waals surface area (Å²) in [5, 5.41) is 0. The largest absolute Gasteiger partial charge is 0.469 e. The highest BCUT2D eigenvalue weighted by atomic mass is 16.5. The Morgan fingerprint density at radius 1 is 1.26 bits per heavy atom. The highest BCUT2D eigenvalue weighted by Crippen LogP contribution is 2.20. The molecule has 2 rings (SSSR count). The molecule has 1 amide bonds. The van der Waals surface area contributed by atoms with Crippen LogP contribution in [0.4, 0.5) is 0 Å². The fourth-order valence-electron chi connectivity index (χ4n) is 2.45. The third-order valence-corrected chi connectivity index (χ3v) is 3.58. The van der Waals surface area contributed by atoms with Crippen LogP contribution in [0, 0.1) is 12.8 Å². The van der Waals surface area contributed by atoms with Gasteiger partial charge in [-0.15, -0.1) is 0 Å². The van der Waals surface area contributed by atoms with Crippen LogP contribution in [-0.2, 0) is 9.53 Å². The molecule has 102 valence electrons. The van der Waals surface area contributed by atoms with Gasteiger partial charge in [0.05, 0.1) is 13.0 Å². The molecule has 1 heterocycles. The van der Waals surface area contributed by atoms with E-state index in [1.165, 1.54) is 7.11 Å². The minimum absolute atomic E-state index is 0.0482. The molecule has 1 saturated heterocycles. The molecular formula is C15H19NO3. The molecule has 0 aromatic heterocycles. The van der Waals surface area contributed by atoms with Gasteiger partial charge in [-0.1, -0.05) is 17.7 Å². The van der Waals surface area contributed by atoms with E-state index in [2.05, 4.69) is 0 Å². The zero-order valence-electron chi connectivity index (χ0n) is 11.4. The van der Waals surface area contributed by atoms with E-state index < -0.39 is 0 Å². The van der Waals surface area contributed by atoms with Crippen LogP contribution in [0.1, 0.15) is 28.8 Å². The Labute approximate surface area is 113 Å². The fraction of sp³-hybridized carbons (Fsp3) is 0.467. The summed E-state index contributed by atoms with van der Waals surface area (Å²) in [6, 6.07) is 7.60. The smallest absolute Gasteiger partial charge is 0.308 e. The van der Waals surface area contributed by atoms with E-state index >= 15 is 0 Å². The summed E-state index contributed by atoms with van der Waals surface area (Å²) in [5.74, 6) is -0.179. The van der Waals surface area contributed by atoms with Crippen molar-refractivity contribution in [1.82, 2.24) is 4.90 Å². The van der Waals surface area contributed by atoms with Gasteiger partial charge in [0.25, 0.3) is 5.91 Å². The summed E-state index contributed by atoms with van der Waals surface area (Å²) in [6.45, 7) is 3.21. The number of rotatable bonds is 2. The molecule has 1 aromatic rings. The molecule has 0 atom stereocenters. The zero-order valence-corrected chi connectivity index (χ0v) is 11.4. The molecule has 1 fully saturated rings. The summed E-state index contributed by atoms with van der Waals surface area (Å²) in [6.07, 6.45) is 1.37. The molecule has 1 aromatic carbocycles. The highest BCUT2D eigenvalue weighted by molar-refractivity contribution is 5.94. The lowest BCUT2D eigenvalue weighted by Crippen LogP contribution is -2.40. The summed E-state index contributed by atoms with van der Waals surface area (Å²) in [5.41, 5.74) is 1.80. The number of hydrogen-bond donors (Lipinski definition) is 0. The average molecular weight is 261 g/mol. The van der Waals surface area contributed by atoms with E-state index in [-0.39, 0.29) is 17.8 Å². The number of methoxy groups -OCH3 is 1. The highest BCUT2D eigenvalue weighted by Gasteiger charge is 2.28. The van der Waals surface area contributed by atoms with E-state index in [0.29, 0.717) is 25.9 Å². The molecular weight excluding hydrogens is 242 g/mol. The molecule has 0 N–H and O–H groups in total. The van der Waals surface area contributed by atoms with Crippen molar-refractivity contribution in [1.29, 1.82) is 0 Å². The normalized spacial score (nSPS) is 16.2. The first-order valence-corrected chi connectivity index (χ1v) is 6.55. The molecule has 0 saturated carbocycles. The van der Waals surface area contributed by atoms with Crippen molar-refractivity contribution in [2.45, 2.75) is 19.8 Å². The second kappa shape index (κ2) is 5.87. The molecule has 0 aliphatic carbocycles. The van der Waals surface area contributed by atoms with Crippen LogP contribution in [0.3, 0.4) is 0 Å². The van der Waals surface area contributed by atoms with E-state index in [1.54, 1.807) is 0 Å². The number of nitrogens with zero attached hydrogens (tertiary/aromatic N) is 1. The molecule has 4 heteroatoms. The molecule has 0 radical (unpaired) electrons. The summed E-state index contributed by atoms with van der Waals surface area (Å²) in [4.78, 5) is 25.6. The van der Waals surface area contributed by atoms with Crippen molar-refractivity contribution < 1.29 is 14.3 Å². The molecule has 1 aliphatic rings. The Morgan fingerprint density at radius 2 is 1.95 bits per heavy atom. The summed E-state index contributed by atoms with van der Waals surface area (Å²) >= 11 is 0. The fourth-order valence-corrected chi connectivity index (χ4v) is 2.45. The van der Waals surface area contributed by atoms with Crippen LogP contribution < -0.4 is 0 Å². The standard InChI is InChI=1S/C15H19NO3/c1-11-4-3-5-13(10-11)14(17)16-8-6-12(7-9-16)15(18)19-2/h3-5,10,12H,6-9H2,1-2H3. The van der Waals surface area contributed by atoms with Crippen molar-refractivity contribution in [3.63, 3.8) is 0 Å². The molecule has 0 spiro atoms. The molecule has 1 aliphatic heterocycles. The molecule has 0 unspecified atom stereocenters. The minimum Gasteiger partial charge on any atom is -0.469 e. The maximum absolute atomic E-state index is 12.3. The van der Waals surface area contributed by atoms with E-state index in [1.807, 2.05) is 36.1 Å². The number of likely N-dealkylation sites (tertiary alicyclic amines) is 1. The number of ether oxygens (including phenoxy) is 1. The Bertz CT molecular complexity index is 476. The van der Waals surface area contributed by atoms with Gasteiger partial charge < -0.3 is 9.64 Å². The predicted octanol–water partition coefficient (Wildman–Crippen LogP) is 2.02. The summed E-state index contributed by atoms with van der Waals surface area (Å²) < 4.78 is 4.74. The van der Waals surface area contributed by atoms with Crippen molar-refractivity contribution in [3.05, 3.63) is 35.4 Å². The Kier molecular flexibility index (Phi) is 4.20. The van der Waals surface area contributed by atoms with Crippen molar-refractivity contribution in [2.75, 3.05) is 20.2 Å². The molecule has 4 nitrogen and oxygen atoms in total. The maximum atomic E-state index is 12.3. The second-order valence-corrected chi connectivity index (χ2v) is 4.96. The zero-order chi connectivity index (χ0) is 13.8. The number of carbonyl (C=O) groups excluding carboxylic acids is 2. The van der Waals surface area contributed by atoms with Crippen LogP contribution in [0.25, 0.3) is 0 Å². The third kappa shape index (κ3) is 3.13. The van der Waals surface area contributed by atoms with E-state index in [0.717, 1.165) is 11.1 Å². The number of esters is 1. The van der Waals surface area contributed by atoms with Crippen LogP contribution in [-0.4, -0.2) is 37.0 Å². The van der Waals surface area contributed by atoms with Gasteiger partial charge in [0.2, 0.25) is 0 Å². The van der Waals surface area contributed by atoms with Crippen LogP contribution in [0.5, 0.6) is 0 Å². The SMILES string of the molecule is COC(=O)C1CCN(C(=O)c2cccc(C)c2)CC1. The van der Waals surface area contributed by atoms with Crippen LogP contribution >= 0.6 is 0 Å².